The van der Waals surface area contributed by atoms with E-state index in [1.54, 1.807) is 0 Å². The third-order valence-electron chi connectivity index (χ3n) is 1.58. The first-order chi connectivity index (χ1) is 5.18. The summed E-state index contributed by atoms with van der Waals surface area (Å²) in [6.45, 7) is 6.82. The molecule has 1 aromatic heterocycles. The van der Waals surface area contributed by atoms with Crippen LogP contribution in [0.4, 0.5) is 0 Å². The van der Waals surface area contributed by atoms with Crippen molar-refractivity contribution in [1.82, 2.24) is 4.98 Å². The third-order valence-corrected chi connectivity index (χ3v) is 2.86. The number of hydrogen-bond acceptors (Lipinski definition) is 1. The molecule has 11 heavy (non-hydrogen) atoms. The van der Waals surface area contributed by atoms with Crippen LogP contribution in [0.25, 0.3) is 0 Å². The van der Waals surface area contributed by atoms with Crippen molar-refractivity contribution in [2.45, 2.75) is 26.1 Å². The van der Waals surface area contributed by atoms with E-state index in [0.29, 0.717) is 0 Å². The van der Waals surface area contributed by atoms with Gasteiger partial charge in [-0.2, -0.15) is 0 Å². The van der Waals surface area contributed by atoms with Crippen molar-refractivity contribution in [3.63, 3.8) is 0 Å². The highest BCUT2D eigenvalue weighted by molar-refractivity contribution is 6.55. The normalized spacial score (nSPS) is 10.5. The highest BCUT2D eigenvalue weighted by atomic mass is 28.3. The number of aryl methyl sites for hydroxylation is 1. The topological polar surface area (TPSA) is 12.9 Å². The van der Waals surface area contributed by atoms with Gasteiger partial charge < -0.3 is 0 Å². The van der Waals surface area contributed by atoms with E-state index in [2.05, 4.69) is 31.1 Å². The highest BCUT2D eigenvalue weighted by Crippen LogP contribution is 2.03. The lowest BCUT2D eigenvalue weighted by atomic mass is 10.2. The predicted octanol–water partition coefficient (Wildman–Crippen LogP) is 1.96. The van der Waals surface area contributed by atoms with Gasteiger partial charge in [0.15, 0.2) is 0 Å². The molecule has 0 spiro atoms. The summed E-state index contributed by atoms with van der Waals surface area (Å²) in [6.07, 6.45) is 3.89. The quantitative estimate of drug-likeness (QED) is 0.610. The number of pyridine rings is 1. The van der Waals surface area contributed by atoms with Crippen LogP contribution in [-0.2, 0) is 6.04 Å². The van der Waals surface area contributed by atoms with Crippen LogP contribution in [0.15, 0.2) is 18.5 Å². The molecule has 0 saturated carbocycles. The van der Waals surface area contributed by atoms with Crippen molar-refractivity contribution >= 4 is 8.80 Å². The molecule has 1 aromatic rings. The van der Waals surface area contributed by atoms with Crippen molar-refractivity contribution in [2.75, 3.05) is 0 Å². The SMILES string of the molecule is Cc1cncc(C[SiH](C)C)c1. The van der Waals surface area contributed by atoms with Gasteiger partial charge in [-0.15, -0.1) is 0 Å². The van der Waals surface area contributed by atoms with E-state index in [4.69, 9.17) is 0 Å². The second-order valence-corrected chi connectivity index (χ2v) is 6.66. The summed E-state index contributed by atoms with van der Waals surface area (Å²) < 4.78 is 0. The Balaban J connectivity index is 2.71. The Morgan fingerprint density at radius 1 is 1.36 bits per heavy atom. The van der Waals surface area contributed by atoms with Crippen LogP contribution in [0.5, 0.6) is 0 Å². The number of hydrogen-bond donors (Lipinski definition) is 0. The zero-order valence-electron chi connectivity index (χ0n) is 7.46. The zero-order valence-corrected chi connectivity index (χ0v) is 8.62. The molecule has 1 nitrogen and oxygen atoms in total. The maximum Gasteiger partial charge on any atom is 0.0353 e. The van der Waals surface area contributed by atoms with Crippen LogP contribution in [-0.4, -0.2) is 13.8 Å². The second-order valence-electron chi connectivity index (χ2n) is 3.47. The summed E-state index contributed by atoms with van der Waals surface area (Å²) in [4.78, 5) is 4.16. The van der Waals surface area contributed by atoms with Gasteiger partial charge in [0.1, 0.15) is 0 Å². The smallest absolute Gasteiger partial charge is 0.0353 e. The Hall–Kier alpha value is -0.633. The van der Waals surface area contributed by atoms with Gasteiger partial charge in [0, 0.05) is 21.2 Å². The number of aromatic nitrogens is 1. The van der Waals surface area contributed by atoms with E-state index in [1.807, 2.05) is 12.4 Å². The van der Waals surface area contributed by atoms with Crippen molar-refractivity contribution in [3.8, 4) is 0 Å². The minimum Gasteiger partial charge on any atom is -0.264 e. The Labute approximate surface area is 70.1 Å². The summed E-state index contributed by atoms with van der Waals surface area (Å²) in [5.74, 6) is 0. The molecule has 0 atom stereocenters. The fraction of sp³-hybridized carbons (Fsp3) is 0.444. The molecule has 0 fully saturated rings. The summed E-state index contributed by atoms with van der Waals surface area (Å²) in [5.41, 5.74) is 2.68. The maximum atomic E-state index is 4.16. The molecule has 0 radical (unpaired) electrons. The Bertz CT molecular complexity index is 233. The molecular weight excluding hydrogens is 150 g/mol. The molecule has 0 bridgehead atoms. The number of rotatable bonds is 2. The van der Waals surface area contributed by atoms with Gasteiger partial charge in [-0.1, -0.05) is 19.2 Å². The summed E-state index contributed by atoms with van der Waals surface area (Å²) in [5, 5.41) is 0. The van der Waals surface area contributed by atoms with Gasteiger partial charge in [-0.05, 0) is 24.1 Å². The Morgan fingerprint density at radius 2 is 2.09 bits per heavy atom. The average molecular weight is 165 g/mol. The Morgan fingerprint density at radius 3 is 2.64 bits per heavy atom. The molecule has 0 aliphatic carbocycles. The molecule has 0 aliphatic rings. The monoisotopic (exact) mass is 165 g/mol. The van der Waals surface area contributed by atoms with Gasteiger partial charge in [-0.25, -0.2) is 0 Å². The first-order valence-electron chi connectivity index (χ1n) is 4.09. The van der Waals surface area contributed by atoms with Crippen LogP contribution in [0.2, 0.25) is 13.1 Å². The van der Waals surface area contributed by atoms with Crippen molar-refractivity contribution in [3.05, 3.63) is 29.6 Å². The average Bonchev–Trinajstić information content (AvgIpc) is 1.85. The van der Waals surface area contributed by atoms with E-state index in [0.717, 1.165) is 0 Å². The van der Waals surface area contributed by atoms with Gasteiger partial charge in [0.25, 0.3) is 0 Å². The largest absolute Gasteiger partial charge is 0.264 e. The molecule has 0 amide bonds. The van der Waals surface area contributed by atoms with Crippen LogP contribution in [0.3, 0.4) is 0 Å². The van der Waals surface area contributed by atoms with Gasteiger partial charge >= 0.3 is 0 Å². The van der Waals surface area contributed by atoms with E-state index >= 15 is 0 Å². The van der Waals surface area contributed by atoms with Crippen LogP contribution in [0, 0.1) is 6.92 Å². The van der Waals surface area contributed by atoms with E-state index in [-0.39, 0.29) is 0 Å². The summed E-state index contributed by atoms with van der Waals surface area (Å²) in [7, 11) is -0.458. The lowest BCUT2D eigenvalue weighted by Gasteiger charge is -2.02. The minimum atomic E-state index is -0.458. The van der Waals surface area contributed by atoms with Crippen LogP contribution in [0.1, 0.15) is 11.1 Å². The van der Waals surface area contributed by atoms with E-state index in [9.17, 15) is 0 Å². The lowest BCUT2D eigenvalue weighted by Crippen LogP contribution is -2.05. The van der Waals surface area contributed by atoms with E-state index < -0.39 is 8.80 Å². The maximum absolute atomic E-state index is 4.16. The molecule has 0 unspecified atom stereocenters. The van der Waals surface area contributed by atoms with Crippen LogP contribution < -0.4 is 0 Å². The molecule has 0 saturated heterocycles. The molecule has 0 aliphatic heterocycles. The third kappa shape index (κ3) is 2.85. The van der Waals surface area contributed by atoms with E-state index in [1.165, 1.54) is 17.2 Å². The molecule has 0 N–H and O–H groups in total. The minimum absolute atomic E-state index is 0.458. The lowest BCUT2D eigenvalue weighted by molar-refractivity contribution is 1.19. The van der Waals surface area contributed by atoms with Crippen molar-refractivity contribution < 1.29 is 0 Å². The fourth-order valence-corrected chi connectivity index (χ4v) is 2.37. The number of nitrogens with zero attached hydrogens (tertiary/aromatic N) is 1. The Kier molecular flexibility index (Phi) is 2.82. The molecular formula is C9H15NSi. The summed E-state index contributed by atoms with van der Waals surface area (Å²) in [6, 6.07) is 3.51. The first-order valence-corrected chi connectivity index (χ1v) is 7.21. The molecule has 60 valence electrons. The van der Waals surface area contributed by atoms with Crippen LogP contribution >= 0.6 is 0 Å². The molecule has 0 aromatic carbocycles. The van der Waals surface area contributed by atoms with Gasteiger partial charge in [0.2, 0.25) is 0 Å². The summed E-state index contributed by atoms with van der Waals surface area (Å²) >= 11 is 0. The van der Waals surface area contributed by atoms with Gasteiger partial charge in [0.05, 0.1) is 0 Å². The molecule has 2 heteroatoms. The molecule has 1 heterocycles. The van der Waals surface area contributed by atoms with Crippen molar-refractivity contribution in [1.29, 1.82) is 0 Å². The zero-order chi connectivity index (χ0) is 8.27. The standard InChI is InChI=1S/C9H15NSi/c1-8-4-9(6-10-5-8)7-11(2)3/h4-6,11H,7H2,1-3H3. The second kappa shape index (κ2) is 3.67. The van der Waals surface area contributed by atoms with Gasteiger partial charge in [-0.3, -0.25) is 4.98 Å². The highest BCUT2D eigenvalue weighted by Gasteiger charge is 1.98. The fourth-order valence-electron chi connectivity index (χ4n) is 1.20. The van der Waals surface area contributed by atoms with Crippen molar-refractivity contribution in [2.24, 2.45) is 0 Å². The molecule has 1 rings (SSSR count). The first kappa shape index (κ1) is 8.46. The predicted molar refractivity (Wildman–Crippen MR) is 51.6 cm³/mol.